The molecule has 1 amide bonds. The van der Waals surface area contributed by atoms with E-state index in [9.17, 15) is 4.79 Å². The van der Waals surface area contributed by atoms with E-state index in [0.717, 1.165) is 22.7 Å². The molecule has 2 N–H and O–H groups in total. The minimum atomic E-state index is -0.0357. The molecule has 0 fully saturated rings. The van der Waals surface area contributed by atoms with E-state index in [1.54, 1.807) is 31.1 Å². The molecule has 156 valence electrons. The third-order valence-electron chi connectivity index (χ3n) is 4.21. The van der Waals surface area contributed by atoms with Crippen molar-refractivity contribution in [3.63, 3.8) is 0 Å². The van der Waals surface area contributed by atoms with Gasteiger partial charge in [0.2, 0.25) is 0 Å². The van der Waals surface area contributed by atoms with Crippen molar-refractivity contribution in [2.24, 2.45) is 0 Å². The van der Waals surface area contributed by atoms with Crippen LogP contribution in [0.5, 0.6) is 11.5 Å². The largest absolute Gasteiger partial charge is 0.490 e. The zero-order valence-electron chi connectivity index (χ0n) is 17.6. The molecule has 0 radical (unpaired) electrons. The summed E-state index contributed by atoms with van der Waals surface area (Å²) in [4.78, 5) is 13.5. The average Bonchev–Trinajstić information content (AvgIpc) is 2.69. The van der Waals surface area contributed by atoms with Gasteiger partial charge in [-0.05, 0) is 75.0 Å². The van der Waals surface area contributed by atoms with Crippen LogP contribution in [0, 0.1) is 0 Å². The molecule has 7 heteroatoms. The fourth-order valence-corrected chi connectivity index (χ4v) is 3.03. The molecule has 1 unspecified atom stereocenters. The van der Waals surface area contributed by atoms with Crippen LogP contribution in [0.2, 0.25) is 0 Å². The number of rotatable bonds is 8. The second-order valence-electron chi connectivity index (χ2n) is 6.67. The zero-order chi connectivity index (χ0) is 21.4. The van der Waals surface area contributed by atoms with Gasteiger partial charge in [-0.15, -0.1) is 0 Å². The first kappa shape index (κ1) is 22.5. The van der Waals surface area contributed by atoms with Gasteiger partial charge in [0.15, 0.2) is 16.6 Å². The van der Waals surface area contributed by atoms with E-state index in [2.05, 4.69) is 10.6 Å². The number of carbonyl (C=O) groups is 1. The van der Waals surface area contributed by atoms with E-state index in [4.69, 9.17) is 21.7 Å². The Morgan fingerprint density at radius 3 is 2.24 bits per heavy atom. The fourth-order valence-electron chi connectivity index (χ4n) is 2.74. The number of amides is 1. The van der Waals surface area contributed by atoms with Gasteiger partial charge in [0.05, 0.1) is 19.3 Å². The van der Waals surface area contributed by atoms with Crippen molar-refractivity contribution in [3.05, 3.63) is 53.6 Å². The maximum atomic E-state index is 12.0. The molecule has 2 aromatic carbocycles. The second-order valence-corrected chi connectivity index (χ2v) is 7.08. The van der Waals surface area contributed by atoms with Crippen molar-refractivity contribution < 1.29 is 14.3 Å². The van der Waals surface area contributed by atoms with Gasteiger partial charge in [0, 0.05) is 25.3 Å². The maximum absolute atomic E-state index is 12.0. The van der Waals surface area contributed by atoms with E-state index in [1.807, 2.05) is 51.1 Å². The molecule has 6 nitrogen and oxygen atoms in total. The molecular formula is C22H29N3O3S. The number of nitrogens with one attached hydrogen (secondary N) is 2. The normalized spacial score (nSPS) is 11.3. The SMILES string of the molecule is CCOc1ccc(C(C)NC(=S)Nc2ccc(C(=O)N(C)C)cc2)cc1OCC. The summed E-state index contributed by atoms with van der Waals surface area (Å²) in [7, 11) is 3.46. The van der Waals surface area contributed by atoms with E-state index < -0.39 is 0 Å². The van der Waals surface area contributed by atoms with E-state index >= 15 is 0 Å². The van der Waals surface area contributed by atoms with Crippen molar-refractivity contribution in [2.45, 2.75) is 26.8 Å². The van der Waals surface area contributed by atoms with Crippen LogP contribution in [-0.4, -0.2) is 43.2 Å². The highest BCUT2D eigenvalue weighted by atomic mass is 32.1. The van der Waals surface area contributed by atoms with Crippen LogP contribution in [0.25, 0.3) is 0 Å². The van der Waals surface area contributed by atoms with Gasteiger partial charge < -0.3 is 25.0 Å². The minimum absolute atomic E-state index is 0.0283. The molecular weight excluding hydrogens is 386 g/mol. The third kappa shape index (κ3) is 6.35. The highest BCUT2D eigenvalue weighted by Crippen LogP contribution is 2.30. The van der Waals surface area contributed by atoms with Gasteiger partial charge in [-0.25, -0.2) is 0 Å². The second kappa shape index (κ2) is 10.7. The number of thiocarbonyl (C=S) groups is 1. The predicted molar refractivity (Wildman–Crippen MR) is 121 cm³/mol. The van der Waals surface area contributed by atoms with Crippen LogP contribution in [-0.2, 0) is 0 Å². The lowest BCUT2D eigenvalue weighted by Crippen LogP contribution is -2.31. The molecule has 0 bridgehead atoms. The van der Waals surface area contributed by atoms with Crippen molar-refractivity contribution in [1.82, 2.24) is 10.2 Å². The topological polar surface area (TPSA) is 62.8 Å². The Bertz CT molecular complexity index is 838. The van der Waals surface area contributed by atoms with Crippen molar-refractivity contribution in [3.8, 4) is 11.5 Å². The first-order valence-electron chi connectivity index (χ1n) is 9.64. The average molecular weight is 416 g/mol. The molecule has 0 aliphatic rings. The van der Waals surface area contributed by atoms with Gasteiger partial charge in [0.1, 0.15) is 0 Å². The molecule has 0 heterocycles. The van der Waals surface area contributed by atoms with Gasteiger partial charge >= 0.3 is 0 Å². The van der Waals surface area contributed by atoms with E-state index in [1.165, 1.54) is 0 Å². The molecule has 0 aliphatic carbocycles. The lowest BCUT2D eigenvalue weighted by Gasteiger charge is -2.19. The summed E-state index contributed by atoms with van der Waals surface area (Å²) in [5.41, 5.74) is 2.48. The van der Waals surface area contributed by atoms with E-state index in [-0.39, 0.29) is 11.9 Å². The predicted octanol–water partition coefficient (Wildman–Crippen LogP) is 4.23. The molecule has 2 aromatic rings. The number of hydrogen-bond acceptors (Lipinski definition) is 4. The lowest BCUT2D eigenvalue weighted by molar-refractivity contribution is 0.0827. The molecule has 1 atom stereocenters. The fraction of sp³-hybridized carbons (Fsp3) is 0.364. The monoisotopic (exact) mass is 415 g/mol. The van der Waals surface area contributed by atoms with Gasteiger partial charge in [-0.1, -0.05) is 6.07 Å². The number of ether oxygens (including phenoxy) is 2. The van der Waals surface area contributed by atoms with Crippen molar-refractivity contribution in [2.75, 3.05) is 32.6 Å². The number of benzene rings is 2. The van der Waals surface area contributed by atoms with Gasteiger partial charge in [0.25, 0.3) is 5.91 Å². The van der Waals surface area contributed by atoms with Crippen LogP contribution in [0.1, 0.15) is 42.7 Å². The third-order valence-corrected chi connectivity index (χ3v) is 4.43. The molecule has 0 aliphatic heterocycles. The number of nitrogens with zero attached hydrogens (tertiary/aromatic N) is 1. The number of hydrogen-bond donors (Lipinski definition) is 2. The standard InChI is InChI=1S/C22H29N3O3S/c1-6-27-19-13-10-17(14-20(19)28-7-2)15(3)23-22(29)24-18-11-8-16(9-12-18)21(26)25(4)5/h8-15H,6-7H2,1-5H3,(H2,23,24,29). The Morgan fingerprint density at radius 1 is 1.03 bits per heavy atom. The summed E-state index contributed by atoms with van der Waals surface area (Å²) in [6.45, 7) is 7.07. The summed E-state index contributed by atoms with van der Waals surface area (Å²) < 4.78 is 11.3. The number of carbonyl (C=O) groups excluding carboxylic acids is 1. The zero-order valence-corrected chi connectivity index (χ0v) is 18.4. The molecule has 0 aromatic heterocycles. The maximum Gasteiger partial charge on any atom is 0.253 e. The lowest BCUT2D eigenvalue weighted by atomic mass is 10.1. The summed E-state index contributed by atoms with van der Waals surface area (Å²) in [6, 6.07) is 13.1. The van der Waals surface area contributed by atoms with Crippen LogP contribution in [0.3, 0.4) is 0 Å². The highest BCUT2D eigenvalue weighted by molar-refractivity contribution is 7.80. The first-order valence-corrected chi connectivity index (χ1v) is 10.0. The van der Waals surface area contributed by atoms with Crippen LogP contribution in [0.15, 0.2) is 42.5 Å². The van der Waals surface area contributed by atoms with Gasteiger partial charge in [-0.2, -0.15) is 0 Å². The van der Waals surface area contributed by atoms with E-state index in [0.29, 0.717) is 23.9 Å². The smallest absolute Gasteiger partial charge is 0.253 e. The number of anilines is 1. The highest BCUT2D eigenvalue weighted by Gasteiger charge is 2.13. The Morgan fingerprint density at radius 2 is 1.66 bits per heavy atom. The molecule has 0 spiro atoms. The molecule has 2 rings (SSSR count). The first-order chi connectivity index (χ1) is 13.8. The Hall–Kier alpha value is -2.80. The van der Waals surface area contributed by atoms with Gasteiger partial charge in [-0.3, -0.25) is 4.79 Å². The van der Waals surface area contributed by atoms with Crippen LogP contribution in [0.4, 0.5) is 5.69 Å². The van der Waals surface area contributed by atoms with Crippen LogP contribution >= 0.6 is 12.2 Å². The van der Waals surface area contributed by atoms with Crippen molar-refractivity contribution >= 4 is 28.9 Å². The Kier molecular flexibility index (Phi) is 8.27. The summed E-state index contributed by atoms with van der Waals surface area (Å²) in [5.74, 6) is 1.42. The summed E-state index contributed by atoms with van der Waals surface area (Å²) >= 11 is 5.44. The van der Waals surface area contributed by atoms with Crippen LogP contribution < -0.4 is 20.1 Å². The quantitative estimate of drug-likeness (QED) is 0.629. The molecule has 0 saturated carbocycles. The Labute approximate surface area is 178 Å². The molecule has 29 heavy (non-hydrogen) atoms. The molecule has 0 saturated heterocycles. The minimum Gasteiger partial charge on any atom is -0.490 e. The summed E-state index contributed by atoms with van der Waals surface area (Å²) in [6.07, 6.45) is 0. The van der Waals surface area contributed by atoms with Crippen molar-refractivity contribution in [1.29, 1.82) is 0 Å². The Balaban J connectivity index is 2.01. The summed E-state index contributed by atoms with van der Waals surface area (Å²) in [5, 5.41) is 6.92.